The summed E-state index contributed by atoms with van der Waals surface area (Å²) in [6, 6.07) is 4.47. The van der Waals surface area contributed by atoms with E-state index in [1.54, 1.807) is 23.1 Å². The highest BCUT2D eigenvalue weighted by atomic mass is 35.5. The van der Waals surface area contributed by atoms with Gasteiger partial charge in [0, 0.05) is 43.3 Å². The monoisotopic (exact) mass is 351 g/mol. The predicted octanol–water partition coefficient (Wildman–Crippen LogP) is 1.38. The molecule has 0 spiro atoms. The molecule has 1 atom stereocenters. The lowest BCUT2D eigenvalue weighted by molar-refractivity contribution is -0.135. The van der Waals surface area contributed by atoms with Crippen molar-refractivity contribution in [1.29, 1.82) is 0 Å². The summed E-state index contributed by atoms with van der Waals surface area (Å²) in [6.45, 7) is 3.22. The molecule has 2 heterocycles. The number of ether oxygens (including phenoxy) is 1. The number of halogens is 1. The van der Waals surface area contributed by atoms with E-state index >= 15 is 0 Å². The fraction of sp³-hybridized carbons (Fsp3) is 0.529. The molecule has 2 saturated heterocycles. The summed E-state index contributed by atoms with van der Waals surface area (Å²) in [4.78, 5) is 29.3. The number of carbonyl (C=O) groups is 2. The molecule has 3 rings (SSSR count). The van der Waals surface area contributed by atoms with Gasteiger partial charge >= 0.3 is 0 Å². The van der Waals surface area contributed by atoms with Crippen molar-refractivity contribution in [2.75, 3.05) is 39.8 Å². The molecule has 1 aromatic carbocycles. The van der Waals surface area contributed by atoms with Gasteiger partial charge in [0.15, 0.2) is 0 Å². The van der Waals surface area contributed by atoms with Crippen LogP contribution in [-0.2, 0) is 4.79 Å². The van der Waals surface area contributed by atoms with E-state index in [1.807, 2.05) is 4.90 Å². The molecule has 0 radical (unpaired) electrons. The molecule has 2 amide bonds. The number of nitrogens with one attached hydrogen (secondary N) is 1. The van der Waals surface area contributed by atoms with Gasteiger partial charge in [0.1, 0.15) is 11.8 Å². The maximum absolute atomic E-state index is 13.0. The number of benzene rings is 1. The number of rotatable bonds is 3. The van der Waals surface area contributed by atoms with Crippen LogP contribution in [0.1, 0.15) is 23.2 Å². The van der Waals surface area contributed by atoms with Crippen molar-refractivity contribution < 1.29 is 14.3 Å². The zero-order chi connectivity index (χ0) is 17.1. The maximum atomic E-state index is 13.0. The Hall–Kier alpha value is -1.79. The van der Waals surface area contributed by atoms with Crippen LogP contribution in [0.4, 0.5) is 0 Å². The molecule has 0 saturated carbocycles. The van der Waals surface area contributed by atoms with Crippen molar-refractivity contribution in [2.24, 2.45) is 0 Å². The molecule has 0 bridgehead atoms. The first-order valence-electron chi connectivity index (χ1n) is 8.25. The summed E-state index contributed by atoms with van der Waals surface area (Å²) in [5.41, 5.74) is 0.445. The second-order valence-electron chi connectivity index (χ2n) is 6.13. The van der Waals surface area contributed by atoms with Crippen LogP contribution in [0.15, 0.2) is 18.2 Å². The van der Waals surface area contributed by atoms with Crippen molar-refractivity contribution in [3.8, 4) is 5.75 Å². The predicted molar refractivity (Wildman–Crippen MR) is 91.5 cm³/mol. The third kappa shape index (κ3) is 3.49. The Bertz CT molecular complexity index is 632. The van der Waals surface area contributed by atoms with E-state index in [1.165, 1.54) is 7.11 Å². The second kappa shape index (κ2) is 7.40. The minimum absolute atomic E-state index is 0.0297. The third-order valence-corrected chi connectivity index (χ3v) is 4.78. The van der Waals surface area contributed by atoms with Gasteiger partial charge in [-0.3, -0.25) is 9.59 Å². The molecule has 0 aromatic heterocycles. The Morgan fingerprint density at radius 2 is 1.96 bits per heavy atom. The SMILES string of the molecule is COc1cc(Cl)cc(C(=O)N2CCNCC2C(=O)N2CCCC2)c1. The van der Waals surface area contributed by atoms with Crippen LogP contribution < -0.4 is 10.1 Å². The smallest absolute Gasteiger partial charge is 0.254 e. The number of nitrogens with zero attached hydrogens (tertiary/aromatic N) is 2. The molecule has 1 unspecified atom stereocenters. The van der Waals surface area contributed by atoms with Crippen molar-refractivity contribution in [2.45, 2.75) is 18.9 Å². The fourth-order valence-corrected chi connectivity index (χ4v) is 3.51. The summed E-state index contributed by atoms with van der Waals surface area (Å²) in [6.07, 6.45) is 2.07. The van der Waals surface area contributed by atoms with E-state index in [9.17, 15) is 9.59 Å². The molecule has 2 aliphatic rings. The highest BCUT2D eigenvalue weighted by Crippen LogP contribution is 2.23. The number of likely N-dealkylation sites (tertiary alicyclic amines) is 1. The largest absolute Gasteiger partial charge is 0.497 e. The zero-order valence-electron chi connectivity index (χ0n) is 13.8. The van der Waals surface area contributed by atoms with Gasteiger partial charge in [0.2, 0.25) is 5.91 Å². The molecule has 130 valence electrons. The van der Waals surface area contributed by atoms with Crippen molar-refractivity contribution in [1.82, 2.24) is 15.1 Å². The molecule has 2 aliphatic heterocycles. The van der Waals surface area contributed by atoms with Crippen LogP contribution >= 0.6 is 11.6 Å². The number of hydrogen-bond acceptors (Lipinski definition) is 4. The summed E-state index contributed by atoms with van der Waals surface area (Å²) in [7, 11) is 1.53. The van der Waals surface area contributed by atoms with E-state index in [0.29, 0.717) is 36.0 Å². The standard InChI is InChI=1S/C17H22ClN3O3/c1-24-14-9-12(8-13(18)10-14)16(22)21-7-4-19-11-15(21)17(23)20-5-2-3-6-20/h8-10,15,19H,2-7,11H2,1H3. The summed E-state index contributed by atoms with van der Waals surface area (Å²) in [5.74, 6) is 0.375. The molecule has 2 fully saturated rings. The molecule has 0 aliphatic carbocycles. The number of amides is 2. The maximum Gasteiger partial charge on any atom is 0.254 e. The van der Waals surface area contributed by atoms with Gasteiger partial charge in [-0.05, 0) is 31.0 Å². The Morgan fingerprint density at radius 1 is 1.21 bits per heavy atom. The lowest BCUT2D eigenvalue weighted by atomic mass is 10.1. The lowest BCUT2D eigenvalue weighted by Crippen LogP contribution is -2.59. The molecule has 1 aromatic rings. The fourth-order valence-electron chi connectivity index (χ4n) is 3.29. The number of carbonyl (C=O) groups excluding carboxylic acids is 2. The third-order valence-electron chi connectivity index (χ3n) is 4.56. The molecule has 7 heteroatoms. The van der Waals surface area contributed by atoms with Gasteiger partial charge in [0.25, 0.3) is 5.91 Å². The molecular formula is C17H22ClN3O3. The highest BCUT2D eigenvalue weighted by Gasteiger charge is 2.36. The van der Waals surface area contributed by atoms with Crippen LogP contribution in [0.5, 0.6) is 5.75 Å². The summed E-state index contributed by atoms with van der Waals surface area (Å²) in [5, 5.41) is 3.66. The Balaban J connectivity index is 1.83. The zero-order valence-corrected chi connectivity index (χ0v) is 14.5. The van der Waals surface area contributed by atoms with Crippen LogP contribution in [0.3, 0.4) is 0 Å². The van der Waals surface area contributed by atoms with Crippen molar-refractivity contribution in [3.05, 3.63) is 28.8 Å². The Kier molecular flexibility index (Phi) is 5.26. The molecule has 24 heavy (non-hydrogen) atoms. The van der Waals surface area contributed by atoms with E-state index in [0.717, 1.165) is 25.9 Å². The van der Waals surface area contributed by atoms with Gasteiger partial charge in [-0.1, -0.05) is 11.6 Å². The Labute approximate surface area is 146 Å². The van der Waals surface area contributed by atoms with Crippen LogP contribution in [0.2, 0.25) is 5.02 Å². The first-order chi connectivity index (χ1) is 11.6. The molecular weight excluding hydrogens is 330 g/mol. The van der Waals surface area contributed by atoms with Crippen LogP contribution in [0, 0.1) is 0 Å². The first kappa shape index (κ1) is 17.0. The lowest BCUT2D eigenvalue weighted by Gasteiger charge is -2.37. The molecule has 6 nitrogen and oxygen atoms in total. The summed E-state index contributed by atoms with van der Waals surface area (Å²) >= 11 is 6.08. The number of hydrogen-bond donors (Lipinski definition) is 1. The average molecular weight is 352 g/mol. The average Bonchev–Trinajstić information content (AvgIpc) is 3.14. The minimum Gasteiger partial charge on any atom is -0.497 e. The molecule has 1 N–H and O–H groups in total. The van der Waals surface area contributed by atoms with Gasteiger partial charge in [-0.2, -0.15) is 0 Å². The van der Waals surface area contributed by atoms with E-state index in [2.05, 4.69) is 5.32 Å². The topological polar surface area (TPSA) is 61.9 Å². The Morgan fingerprint density at radius 3 is 2.67 bits per heavy atom. The van der Waals surface area contributed by atoms with Crippen LogP contribution in [0.25, 0.3) is 0 Å². The normalized spacial score (nSPS) is 21.0. The highest BCUT2D eigenvalue weighted by molar-refractivity contribution is 6.31. The number of piperazine rings is 1. The first-order valence-corrected chi connectivity index (χ1v) is 8.63. The van der Waals surface area contributed by atoms with Crippen molar-refractivity contribution in [3.63, 3.8) is 0 Å². The van der Waals surface area contributed by atoms with Gasteiger partial charge in [-0.25, -0.2) is 0 Å². The van der Waals surface area contributed by atoms with Crippen molar-refractivity contribution >= 4 is 23.4 Å². The van der Waals surface area contributed by atoms with Gasteiger partial charge in [-0.15, -0.1) is 0 Å². The van der Waals surface area contributed by atoms with Gasteiger partial charge < -0.3 is 19.9 Å². The quantitative estimate of drug-likeness (QED) is 0.893. The van der Waals surface area contributed by atoms with Gasteiger partial charge in [0.05, 0.1) is 7.11 Å². The number of methoxy groups -OCH3 is 1. The second-order valence-corrected chi connectivity index (χ2v) is 6.57. The summed E-state index contributed by atoms with van der Waals surface area (Å²) < 4.78 is 5.19. The van der Waals surface area contributed by atoms with E-state index < -0.39 is 6.04 Å². The minimum atomic E-state index is -0.464. The van der Waals surface area contributed by atoms with E-state index in [4.69, 9.17) is 16.3 Å². The van der Waals surface area contributed by atoms with Crippen LogP contribution in [-0.4, -0.2) is 67.5 Å². The van der Waals surface area contributed by atoms with E-state index in [-0.39, 0.29) is 11.8 Å².